The zero-order valence-electron chi connectivity index (χ0n) is 18.1. The average molecular weight is 443 g/mol. The molecule has 1 heterocycles. The van der Waals surface area contributed by atoms with E-state index < -0.39 is 10.0 Å². The van der Waals surface area contributed by atoms with Crippen LogP contribution in [0.25, 0.3) is 0 Å². The van der Waals surface area contributed by atoms with Gasteiger partial charge in [0.25, 0.3) is 0 Å². The Kier molecular flexibility index (Phi) is 5.79. The quantitative estimate of drug-likeness (QED) is 0.634. The molecule has 1 aromatic heterocycles. The van der Waals surface area contributed by atoms with Crippen LogP contribution in [0.3, 0.4) is 0 Å². The second kappa shape index (κ2) is 8.24. The molecule has 1 aromatic carbocycles. The normalized spacial score (nSPS) is 26.5. The first-order valence-corrected chi connectivity index (χ1v) is 12.2. The highest BCUT2D eigenvalue weighted by atomic mass is 32.2. The van der Waals surface area contributed by atoms with E-state index in [1.165, 1.54) is 18.6 Å². The minimum atomic E-state index is -3.61. The van der Waals surface area contributed by atoms with Gasteiger partial charge in [-0.25, -0.2) is 17.9 Å². The van der Waals surface area contributed by atoms with E-state index in [1.807, 2.05) is 6.07 Å². The standard InChI is InChI=1S/C23H30N4O3S/c1-15-20-11-17(23(20,2)3)12-21(15)27-31(29,30)19-8-6-18(7-9-19)26-22(28)25-14-16-5-4-10-24-13-16/h4-10,13,15,17,20-21,27H,11-12,14H2,1-3H3,(H2,25,26,28)/t15-,17+,20?,21-/m0/s1. The summed E-state index contributed by atoms with van der Waals surface area (Å²) in [6.07, 6.45) is 5.45. The number of rotatable bonds is 6. The topological polar surface area (TPSA) is 100 Å². The van der Waals surface area contributed by atoms with Crippen molar-refractivity contribution in [3.05, 3.63) is 54.4 Å². The highest BCUT2D eigenvalue weighted by Gasteiger charge is 2.56. The number of hydrogen-bond donors (Lipinski definition) is 3. The van der Waals surface area contributed by atoms with Gasteiger partial charge in [-0.3, -0.25) is 4.98 Å². The summed E-state index contributed by atoms with van der Waals surface area (Å²) in [4.78, 5) is 16.3. The van der Waals surface area contributed by atoms with Crippen LogP contribution in [0.4, 0.5) is 10.5 Å². The van der Waals surface area contributed by atoms with Crippen LogP contribution in [0, 0.1) is 23.2 Å². The number of benzene rings is 1. The third kappa shape index (κ3) is 4.45. The summed E-state index contributed by atoms with van der Waals surface area (Å²) < 4.78 is 28.7. The molecule has 3 saturated carbocycles. The highest BCUT2D eigenvalue weighted by Crippen LogP contribution is 2.61. The maximum atomic E-state index is 12.9. The molecule has 2 bridgehead atoms. The van der Waals surface area contributed by atoms with Crippen LogP contribution in [0.2, 0.25) is 0 Å². The Morgan fingerprint density at radius 3 is 2.52 bits per heavy atom. The van der Waals surface area contributed by atoms with Gasteiger partial charge < -0.3 is 10.6 Å². The van der Waals surface area contributed by atoms with Crippen LogP contribution in [-0.4, -0.2) is 25.5 Å². The fraction of sp³-hybridized carbons (Fsp3) is 0.478. The molecule has 4 atom stereocenters. The number of pyridine rings is 1. The van der Waals surface area contributed by atoms with Gasteiger partial charge in [-0.2, -0.15) is 0 Å². The van der Waals surface area contributed by atoms with Crippen molar-refractivity contribution in [3.63, 3.8) is 0 Å². The van der Waals surface area contributed by atoms with Crippen LogP contribution in [0.15, 0.2) is 53.7 Å². The monoisotopic (exact) mass is 442 g/mol. The second-order valence-corrected chi connectivity index (χ2v) is 11.1. The maximum absolute atomic E-state index is 12.9. The zero-order chi connectivity index (χ0) is 22.2. The lowest BCUT2D eigenvalue weighted by Gasteiger charge is -2.62. The summed E-state index contributed by atoms with van der Waals surface area (Å²) in [5.74, 6) is 1.47. The van der Waals surface area contributed by atoms with E-state index in [-0.39, 0.29) is 17.0 Å². The Bertz CT molecular complexity index is 1040. The molecular formula is C23H30N4O3S. The number of fused-ring (bicyclic) bond motifs is 2. The lowest BCUT2D eigenvalue weighted by molar-refractivity contribution is -0.111. The number of carbonyl (C=O) groups is 1. The Morgan fingerprint density at radius 2 is 1.90 bits per heavy atom. The number of amides is 2. The average Bonchev–Trinajstić information content (AvgIpc) is 2.74. The van der Waals surface area contributed by atoms with Crippen molar-refractivity contribution in [2.75, 3.05) is 5.32 Å². The van der Waals surface area contributed by atoms with Gasteiger partial charge in [0, 0.05) is 30.7 Å². The van der Waals surface area contributed by atoms with Crippen molar-refractivity contribution in [1.82, 2.24) is 15.0 Å². The molecule has 0 aliphatic heterocycles. The van der Waals surface area contributed by atoms with Gasteiger partial charge in [0.15, 0.2) is 0 Å². The van der Waals surface area contributed by atoms with Gasteiger partial charge in [-0.15, -0.1) is 0 Å². The molecule has 0 radical (unpaired) electrons. The predicted molar refractivity (Wildman–Crippen MR) is 120 cm³/mol. The summed E-state index contributed by atoms with van der Waals surface area (Å²) in [5.41, 5.74) is 1.73. The molecule has 5 rings (SSSR count). The summed E-state index contributed by atoms with van der Waals surface area (Å²) in [5, 5.41) is 5.46. The molecule has 2 amide bonds. The van der Waals surface area contributed by atoms with E-state index in [0.29, 0.717) is 35.4 Å². The van der Waals surface area contributed by atoms with E-state index in [2.05, 4.69) is 41.1 Å². The minimum absolute atomic E-state index is 0.0298. The minimum Gasteiger partial charge on any atom is -0.334 e. The van der Waals surface area contributed by atoms with E-state index in [1.54, 1.807) is 30.6 Å². The Hall–Kier alpha value is -2.45. The summed E-state index contributed by atoms with van der Waals surface area (Å²) in [6.45, 7) is 7.11. The van der Waals surface area contributed by atoms with Gasteiger partial charge >= 0.3 is 6.03 Å². The third-order valence-electron chi connectivity index (χ3n) is 7.26. The number of aromatic nitrogens is 1. The van der Waals surface area contributed by atoms with Crippen molar-refractivity contribution in [3.8, 4) is 0 Å². The number of urea groups is 1. The molecule has 3 fully saturated rings. The fourth-order valence-corrected chi connectivity index (χ4v) is 6.49. The van der Waals surface area contributed by atoms with Gasteiger partial charge in [0.1, 0.15) is 0 Å². The lowest BCUT2D eigenvalue weighted by atomic mass is 9.45. The van der Waals surface area contributed by atoms with E-state index in [4.69, 9.17) is 0 Å². The number of hydrogen-bond acceptors (Lipinski definition) is 4. The molecule has 3 N–H and O–H groups in total. The third-order valence-corrected chi connectivity index (χ3v) is 8.76. The van der Waals surface area contributed by atoms with Crippen molar-refractivity contribution in [2.24, 2.45) is 23.2 Å². The van der Waals surface area contributed by atoms with Crippen molar-refractivity contribution < 1.29 is 13.2 Å². The van der Waals surface area contributed by atoms with Crippen LogP contribution < -0.4 is 15.4 Å². The largest absolute Gasteiger partial charge is 0.334 e. The molecule has 1 unspecified atom stereocenters. The fourth-order valence-electron chi connectivity index (χ4n) is 5.15. The van der Waals surface area contributed by atoms with Gasteiger partial charge in [-0.05, 0) is 71.9 Å². The molecule has 7 nitrogen and oxygen atoms in total. The van der Waals surface area contributed by atoms with E-state index in [0.717, 1.165) is 12.0 Å². The lowest BCUT2D eigenvalue weighted by Crippen LogP contribution is -2.60. The predicted octanol–water partition coefficient (Wildman–Crippen LogP) is 3.75. The molecule has 0 spiro atoms. The second-order valence-electron chi connectivity index (χ2n) is 9.38. The Morgan fingerprint density at radius 1 is 1.16 bits per heavy atom. The number of anilines is 1. The number of nitrogens with zero attached hydrogens (tertiary/aromatic N) is 1. The molecule has 3 aliphatic carbocycles. The molecular weight excluding hydrogens is 412 g/mol. The van der Waals surface area contributed by atoms with Gasteiger partial charge in [0.2, 0.25) is 10.0 Å². The first-order chi connectivity index (χ1) is 14.7. The Labute approximate surface area is 184 Å². The SMILES string of the molecule is C[C@H]1C2C[C@H](C[C@@H]1NS(=O)(=O)c1ccc(NC(=O)NCc3cccnc3)cc1)C2(C)C. The zero-order valence-corrected chi connectivity index (χ0v) is 18.9. The first-order valence-electron chi connectivity index (χ1n) is 10.7. The smallest absolute Gasteiger partial charge is 0.319 e. The van der Waals surface area contributed by atoms with Crippen LogP contribution in [0.5, 0.6) is 0 Å². The molecule has 3 aliphatic rings. The summed E-state index contributed by atoms with van der Waals surface area (Å²) in [6, 6.07) is 9.53. The molecule has 8 heteroatoms. The number of carbonyl (C=O) groups excluding carboxylic acids is 1. The van der Waals surface area contributed by atoms with E-state index in [9.17, 15) is 13.2 Å². The molecule has 31 heavy (non-hydrogen) atoms. The molecule has 2 aromatic rings. The van der Waals surface area contributed by atoms with E-state index >= 15 is 0 Å². The highest BCUT2D eigenvalue weighted by molar-refractivity contribution is 7.89. The maximum Gasteiger partial charge on any atom is 0.319 e. The van der Waals surface area contributed by atoms with Crippen LogP contribution in [-0.2, 0) is 16.6 Å². The first kappa shape index (κ1) is 21.8. The molecule has 0 saturated heterocycles. The van der Waals surface area contributed by atoms with Crippen LogP contribution in [0.1, 0.15) is 39.2 Å². The van der Waals surface area contributed by atoms with Crippen molar-refractivity contribution in [1.29, 1.82) is 0 Å². The Balaban J connectivity index is 1.33. The number of sulfonamides is 1. The van der Waals surface area contributed by atoms with Crippen molar-refractivity contribution >= 4 is 21.7 Å². The summed E-state index contributed by atoms with van der Waals surface area (Å²) >= 11 is 0. The van der Waals surface area contributed by atoms with Gasteiger partial charge in [0.05, 0.1) is 4.90 Å². The van der Waals surface area contributed by atoms with Crippen LogP contribution >= 0.6 is 0 Å². The molecule has 166 valence electrons. The number of nitrogens with one attached hydrogen (secondary N) is 3. The van der Waals surface area contributed by atoms with Crippen molar-refractivity contribution in [2.45, 2.75) is 51.1 Å². The van der Waals surface area contributed by atoms with Gasteiger partial charge in [-0.1, -0.05) is 26.8 Å². The summed E-state index contributed by atoms with van der Waals surface area (Å²) in [7, 11) is -3.61.